The van der Waals surface area contributed by atoms with E-state index in [1.54, 1.807) is 0 Å². The van der Waals surface area contributed by atoms with Gasteiger partial charge in [0, 0.05) is 24.9 Å². The number of carbonyl (C=O) groups excluding carboxylic acids is 1. The van der Waals surface area contributed by atoms with Crippen molar-refractivity contribution >= 4 is 5.91 Å². The number of hydrogen-bond donors (Lipinski definition) is 1. The lowest BCUT2D eigenvalue weighted by Crippen LogP contribution is -2.35. The lowest BCUT2D eigenvalue weighted by Gasteiger charge is -2.21. The van der Waals surface area contributed by atoms with E-state index in [0.29, 0.717) is 36.9 Å². The zero-order valence-electron chi connectivity index (χ0n) is 11.4. The first-order valence-electron chi connectivity index (χ1n) is 6.98. The molecule has 0 bridgehead atoms. The van der Waals surface area contributed by atoms with Crippen molar-refractivity contribution in [1.82, 2.24) is 20.4 Å². The molecule has 2 saturated heterocycles. The van der Waals surface area contributed by atoms with Gasteiger partial charge in [-0.3, -0.25) is 4.79 Å². The third-order valence-electron chi connectivity index (χ3n) is 3.83. The van der Waals surface area contributed by atoms with Crippen molar-refractivity contribution in [1.29, 1.82) is 0 Å². The molecule has 1 aromatic heterocycles. The summed E-state index contributed by atoms with van der Waals surface area (Å²) in [6.45, 7) is 5.68. The van der Waals surface area contributed by atoms with Crippen LogP contribution in [0.2, 0.25) is 0 Å². The molecule has 1 N–H and O–H groups in total. The molecule has 0 unspecified atom stereocenters. The van der Waals surface area contributed by atoms with Crippen LogP contribution in [0.15, 0.2) is 4.52 Å². The van der Waals surface area contributed by atoms with Crippen LogP contribution in [0.5, 0.6) is 0 Å². The van der Waals surface area contributed by atoms with Crippen LogP contribution < -0.4 is 5.32 Å². The van der Waals surface area contributed by atoms with E-state index in [4.69, 9.17) is 4.52 Å². The summed E-state index contributed by atoms with van der Waals surface area (Å²) >= 11 is 0. The third-order valence-corrected chi connectivity index (χ3v) is 3.83. The van der Waals surface area contributed by atoms with E-state index >= 15 is 0 Å². The van der Waals surface area contributed by atoms with Gasteiger partial charge in [-0.25, -0.2) is 0 Å². The fraction of sp³-hybridized carbons (Fsp3) is 0.769. The normalized spacial score (nSPS) is 26.5. The van der Waals surface area contributed by atoms with Crippen LogP contribution in [0.25, 0.3) is 0 Å². The number of likely N-dealkylation sites (tertiary alicyclic amines) is 1. The number of amides is 1. The monoisotopic (exact) mass is 264 g/mol. The first kappa shape index (κ1) is 12.6. The van der Waals surface area contributed by atoms with E-state index in [-0.39, 0.29) is 5.91 Å². The Hall–Kier alpha value is -1.43. The van der Waals surface area contributed by atoms with E-state index in [9.17, 15) is 4.79 Å². The smallest absolute Gasteiger partial charge is 0.246 e. The second kappa shape index (κ2) is 4.92. The maximum absolute atomic E-state index is 12.0. The van der Waals surface area contributed by atoms with Crippen molar-refractivity contribution in [3.63, 3.8) is 0 Å². The van der Waals surface area contributed by atoms with Gasteiger partial charge >= 0.3 is 0 Å². The van der Waals surface area contributed by atoms with Crippen LogP contribution in [0, 0.1) is 5.92 Å². The Kier molecular flexibility index (Phi) is 3.26. The van der Waals surface area contributed by atoms with Gasteiger partial charge in [0.15, 0.2) is 5.82 Å². The molecule has 104 valence electrons. The van der Waals surface area contributed by atoms with Crippen molar-refractivity contribution in [2.75, 3.05) is 6.54 Å². The first-order chi connectivity index (χ1) is 9.13. The summed E-state index contributed by atoms with van der Waals surface area (Å²) in [4.78, 5) is 18.2. The first-order valence-corrected chi connectivity index (χ1v) is 6.98. The Bertz CT molecular complexity index is 471. The highest BCUT2D eigenvalue weighted by Gasteiger charge is 2.42. The van der Waals surface area contributed by atoms with Crippen molar-refractivity contribution in [3.05, 3.63) is 11.7 Å². The van der Waals surface area contributed by atoms with E-state index < -0.39 is 0 Å². The van der Waals surface area contributed by atoms with Gasteiger partial charge in [0.05, 0.1) is 0 Å². The standard InChI is InChI=1S/C13H20N4O2/c1-8(2)5-11-15-12(19-16-11)7-17-10-3-4-14-9(10)6-13(17)18/h8-10,14H,3-7H2,1-2H3/t9-,10-/m1/s1. The molecule has 6 heteroatoms. The molecule has 0 spiro atoms. The minimum Gasteiger partial charge on any atom is -0.337 e. The summed E-state index contributed by atoms with van der Waals surface area (Å²) in [6.07, 6.45) is 2.42. The quantitative estimate of drug-likeness (QED) is 0.868. The van der Waals surface area contributed by atoms with E-state index in [1.165, 1.54) is 0 Å². The van der Waals surface area contributed by atoms with Gasteiger partial charge in [-0.2, -0.15) is 4.98 Å². The average molecular weight is 264 g/mol. The summed E-state index contributed by atoms with van der Waals surface area (Å²) in [5.74, 6) is 1.97. The van der Waals surface area contributed by atoms with Crippen molar-refractivity contribution in [2.45, 2.75) is 51.7 Å². The summed E-state index contributed by atoms with van der Waals surface area (Å²) in [5, 5.41) is 7.34. The van der Waals surface area contributed by atoms with Crippen LogP contribution in [0.3, 0.4) is 0 Å². The summed E-state index contributed by atoms with van der Waals surface area (Å²) in [5.41, 5.74) is 0. The molecule has 0 radical (unpaired) electrons. The Morgan fingerprint density at radius 2 is 2.37 bits per heavy atom. The number of nitrogens with one attached hydrogen (secondary N) is 1. The van der Waals surface area contributed by atoms with Gasteiger partial charge in [0.25, 0.3) is 0 Å². The predicted molar refractivity (Wildman–Crippen MR) is 68.2 cm³/mol. The highest BCUT2D eigenvalue weighted by Crippen LogP contribution is 2.27. The van der Waals surface area contributed by atoms with Crippen molar-refractivity contribution in [3.8, 4) is 0 Å². The third kappa shape index (κ3) is 2.49. The molecule has 6 nitrogen and oxygen atoms in total. The second-order valence-electron chi connectivity index (χ2n) is 5.84. The van der Waals surface area contributed by atoms with Gasteiger partial charge in [-0.15, -0.1) is 0 Å². The summed E-state index contributed by atoms with van der Waals surface area (Å²) in [6, 6.07) is 0.610. The lowest BCUT2D eigenvalue weighted by molar-refractivity contribution is -0.129. The van der Waals surface area contributed by atoms with Gasteiger partial charge < -0.3 is 14.7 Å². The number of rotatable bonds is 4. The molecule has 2 atom stereocenters. The summed E-state index contributed by atoms with van der Waals surface area (Å²) < 4.78 is 5.25. The van der Waals surface area contributed by atoms with Crippen LogP contribution in [-0.2, 0) is 17.8 Å². The second-order valence-corrected chi connectivity index (χ2v) is 5.84. The van der Waals surface area contributed by atoms with Gasteiger partial charge in [0.2, 0.25) is 11.8 Å². The number of hydrogen-bond acceptors (Lipinski definition) is 5. The topological polar surface area (TPSA) is 71.3 Å². The molecule has 0 saturated carbocycles. The molecular formula is C13H20N4O2. The highest BCUT2D eigenvalue weighted by molar-refractivity contribution is 5.80. The van der Waals surface area contributed by atoms with Crippen LogP contribution >= 0.6 is 0 Å². The molecule has 1 amide bonds. The Balaban J connectivity index is 1.67. The average Bonchev–Trinajstić information content (AvgIpc) is 2.99. The van der Waals surface area contributed by atoms with Crippen LogP contribution in [0.1, 0.15) is 38.4 Å². The maximum atomic E-state index is 12.0. The lowest BCUT2D eigenvalue weighted by atomic mass is 10.1. The largest absolute Gasteiger partial charge is 0.337 e. The van der Waals surface area contributed by atoms with Gasteiger partial charge in [0.1, 0.15) is 6.54 Å². The van der Waals surface area contributed by atoms with Gasteiger partial charge in [-0.1, -0.05) is 19.0 Å². The Morgan fingerprint density at radius 3 is 3.16 bits per heavy atom. The minimum atomic E-state index is 0.186. The van der Waals surface area contributed by atoms with E-state index in [1.807, 2.05) is 4.90 Å². The molecule has 1 aromatic rings. The van der Waals surface area contributed by atoms with Crippen LogP contribution in [-0.4, -0.2) is 39.6 Å². The minimum absolute atomic E-state index is 0.186. The highest BCUT2D eigenvalue weighted by atomic mass is 16.5. The summed E-state index contributed by atoms with van der Waals surface area (Å²) in [7, 11) is 0. The number of nitrogens with zero attached hydrogens (tertiary/aromatic N) is 3. The van der Waals surface area contributed by atoms with Crippen molar-refractivity contribution in [2.24, 2.45) is 5.92 Å². The predicted octanol–water partition coefficient (Wildman–Crippen LogP) is 0.731. The van der Waals surface area contributed by atoms with Gasteiger partial charge in [-0.05, 0) is 18.9 Å². The van der Waals surface area contributed by atoms with E-state index in [2.05, 4.69) is 29.3 Å². The molecule has 2 fully saturated rings. The fourth-order valence-electron chi connectivity index (χ4n) is 2.98. The molecule has 19 heavy (non-hydrogen) atoms. The Labute approximate surface area is 112 Å². The Morgan fingerprint density at radius 1 is 1.53 bits per heavy atom. The molecular weight excluding hydrogens is 244 g/mol. The molecule has 2 aliphatic rings. The SMILES string of the molecule is CC(C)Cc1noc(CN2C(=O)C[C@H]3NCC[C@H]32)n1. The maximum Gasteiger partial charge on any atom is 0.246 e. The fourth-order valence-corrected chi connectivity index (χ4v) is 2.98. The zero-order valence-corrected chi connectivity index (χ0v) is 11.4. The number of aromatic nitrogens is 2. The van der Waals surface area contributed by atoms with E-state index in [0.717, 1.165) is 25.2 Å². The molecule has 3 rings (SSSR count). The van der Waals surface area contributed by atoms with Crippen molar-refractivity contribution < 1.29 is 9.32 Å². The molecule has 0 aliphatic carbocycles. The number of carbonyl (C=O) groups is 1. The number of fused-ring (bicyclic) bond motifs is 1. The molecule has 0 aromatic carbocycles. The zero-order chi connectivity index (χ0) is 13.4. The molecule has 2 aliphatic heterocycles. The molecule has 3 heterocycles. The van der Waals surface area contributed by atoms with Crippen LogP contribution in [0.4, 0.5) is 0 Å².